The standard InChI is InChI=1S/2C11H22N2.C11H24N2.CH4/c1-11(2,3)13-6-8-9(7-13)10(8)12(4)5;1-11(2,3)13-7-9-5-6-12(4)10(9)8-13;1-11(2,3)13-8-6-7-10(13)9-12(4)5;/h8-10H,6-7H2,1-5H3;9-10H,5-8H2,1-4H3;10H,6-9H2,1-5H3;1H4. The van der Waals surface area contributed by atoms with Gasteiger partial charge in [-0.15, -0.1) is 0 Å². The van der Waals surface area contributed by atoms with Crippen molar-refractivity contribution in [2.75, 3.05) is 81.1 Å². The number of hydrogen-bond donors (Lipinski definition) is 0. The highest BCUT2D eigenvalue weighted by molar-refractivity contribution is 5.11. The van der Waals surface area contributed by atoms with Gasteiger partial charge in [-0.25, -0.2) is 0 Å². The molecule has 4 aliphatic heterocycles. The Balaban J connectivity index is 0.000000208. The van der Waals surface area contributed by atoms with Gasteiger partial charge < -0.3 is 14.7 Å². The smallest absolute Gasteiger partial charge is 0.0261 e. The second-order valence-corrected chi connectivity index (χ2v) is 17.0. The van der Waals surface area contributed by atoms with E-state index in [4.69, 9.17) is 0 Å². The largest absolute Gasteiger partial charge is 0.308 e. The molecular weight excluding hydrogens is 492 g/mol. The molecule has 4 saturated heterocycles. The lowest BCUT2D eigenvalue weighted by molar-refractivity contribution is 0.104. The van der Waals surface area contributed by atoms with Crippen LogP contribution >= 0.6 is 0 Å². The van der Waals surface area contributed by atoms with Crippen LogP contribution < -0.4 is 0 Å². The summed E-state index contributed by atoms with van der Waals surface area (Å²) in [6, 6.07) is 2.51. The summed E-state index contributed by atoms with van der Waals surface area (Å²) >= 11 is 0. The number of likely N-dealkylation sites (N-methyl/N-ethyl adjacent to an activating group) is 2. The summed E-state index contributed by atoms with van der Waals surface area (Å²) in [5.74, 6) is 2.88. The summed E-state index contributed by atoms with van der Waals surface area (Å²) in [5.41, 5.74) is 1.09. The molecule has 6 nitrogen and oxygen atoms in total. The van der Waals surface area contributed by atoms with Crippen molar-refractivity contribution in [3.05, 3.63) is 0 Å². The third-order valence-electron chi connectivity index (χ3n) is 10.3. The van der Waals surface area contributed by atoms with Gasteiger partial charge in [-0.2, -0.15) is 0 Å². The molecule has 5 rings (SSSR count). The second-order valence-electron chi connectivity index (χ2n) is 17.0. The first kappa shape index (κ1) is 36.0. The Morgan fingerprint density at radius 1 is 0.675 bits per heavy atom. The maximum Gasteiger partial charge on any atom is 0.0261 e. The predicted octanol–water partition coefficient (Wildman–Crippen LogP) is 5.14. The van der Waals surface area contributed by atoms with E-state index in [-0.39, 0.29) is 7.43 Å². The van der Waals surface area contributed by atoms with Gasteiger partial charge in [0.05, 0.1) is 0 Å². The summed E-state index contributed by atoms with van der Waals surface area (Å²) in [6.07, 6.45) is 4.15. The van der Waals surface area contributed by atoms with E-state index in [9.17, 15) is 0 Å². The Bertz CT molecular complexity index is 748. The van der Waals surface area contributed by atoms with Gasteiger partial charge in [0.2, 0.25) is 0 Å². The Morgan fingerprint density at radius 3 is 1.62 bits per heavy atom. The SMILES string of the molecule is C.CN(C)C1C2CN(C(C)(C)C)CC21.CN(C)CC1CCCN1C(C)(C)C.CN1CCC2CN(C(C)(C)C)CC21. The first-order chi connectivity index (χ1) is 17.8. The van der Waals surface area contributed by atoms with Gasteiger partial charge >= 0.3 is 0 Å². The molecule has 5 aliphatic rings. The van der Waals surface area contributed by atoms with E-state index >= 15 is 0 Å². The highest BCUT2D eigenvalue weighted by Crippen LogP contribution is 2.49. The molecule has 0 aromatic carbocycles. The van der Waals surface area contributed by atoms with Crippen molar-refractivity contribution in [3.8, 4) is 0 Å². The van der Waals surface area contributed by atoms with Crippen LogP contribution in [-0.4, -0.2) is 145 Å². The van der Waals surface area contributed by atoms with Crippen molar-refractivity contribution >= 4 is 0 Å². The summed E-state index contributed by atoms with van der Waals surface area (Å²) in [5, 5.41) is 0. The maximum atomic E-state index is 2.65. The van der Waals surface area contributed by atoms with Crippen molar-refractivity contribution in [1.29, 1.82) is 0 Å². The highest BCUT2D eigenvalue weighted by atomic mass is 15.3. The lowest BCUT2D eigenvalue weighted by atomic mass is 10.0. The first-order valence-corrected chi connectivity index (χ1v) is 16.1. The summed E-state index contributed by atoms with van der Waals surface area (Å²) in [4.78, 5) is 15.1. The van der Waals surface area contributed by atoms with Crippen LogP contribution in [0.25, 0.3) is 0 Å². The number of fused-ring (bicyclic) bond motifs is 2. The molecule has 1 aliphatic carbocycles. The molecule has 0 spiro atoms. The summed E-state index contributed by atoms with van der Waals surface area (Å²) in [7, 11) is 11.0. The van der Waals surface area contributed by atoms with Gasteiger partial charge in [-0.1, -0.05) is 7.43 Å². The molecule has 0 N–H and O–H groups in total. The van der Waals surface area contributed by atoms with Gasteiger partial charge in [0.15, 0.2) is 0 Å². The lowest BCUT2D eigenvalue weighted by Crippen LogP contribution is -2.48. The lowest BCUT2D eigenvalue weighted by Gasteiger charge is -2.38. The molecule has 5 atom stereocenters. The number of piperidine rings is 1. The van der Waals surface area contributed by atoms with Crippen LogP contribution in [0.3, 0.4) is 0 Å². The predicted molar refractivity (Wildman–Crippen MR) is 176 cm³/mol. The molecule has 0 bridgehead atoms. The molecule has 5 unspecified atom stereocenters. The quantitative estimate of drug-likeness (QED) is 0.469. The molecule has 0 aromatic rings. The Kier molecular flexibility index (Phi) is 12.2. The number of rotatable bonds is 3. The van der Waals surface area contributed by atoms with Gasteiger partial charge in [-0.3, -0.25) is 14.7 Å². The van der Waals surface area contributed by atoms with E-state index in [0.717, 1.165) is 35.9 Å². The monoisotopic (exact) mass is 565 g/mol. The van der Waals surface area contributed by atoms with E-state index in [0.29, 0.717) is 16.6 Å². The average Bonchev–Trinajstić information content (AvgIpc) is 3.30. The third-order valence-corrected chi connectivity index (χ3v) is 10.3. The van der Waals surface area contributed by atoms with Crippen molar-refractivity contribution in [1.82, 2.24) is 29.4 Å². The zero-order valence-electron chi connectivity index (χ0n) is 28.7. The van der Waals surface area contributed by atoms with E-state index in [2.05, 4.69) is 127 Å². The van der Waals surface area contributed by atoms with E-state index in [1.807, 2.05) is 0 Å². The minimum atomic E-state index is 0. The third kappa shape index (κ3) is 9.13. The topological polar surface area (TPSA) is 19.4 Å². The molecule has 6 heteroatoms. The molecule has 4 heterocycles. The normalized spacial score (nSPS) is 33.3. The zero-order valence-corrected chi connectivity index (χ0v) is 28.7. The van der Waals surface area contributed by atoms with Crippen LogP contribution in [0.4, 0.5) is 0 Å². The van der Waals surface area contributed by atoms with Crippen molar-refractivity contribution in [2.24, 2.45) is 17.8 Å². The van der Waals surface area contributed by atoms with Gasteiger partial charge in [0.25, 0.3) is 0 Å². The van der Waals surface area contributed by atoms with Gasteiger partial charge in [0, 0.05) is 67.5 Å². The zero-order chi connectivity index (χ0) is 29.5. The number of nitrogens with zero attached hydrogens (tertiary/aromatic N) is 6. The molecule has 238 valence electrons. The fourth-order valence-corrected chi connectivity index (χ4v) is 7.86. The fourth-order valence-electron chi connectivity index (χ4n) is 7.86. The average molecular weight is 565 g/mol. The van der Waals surface area contributed by atoms with Crippen LogP contribution in [0.15, 0.2) is 0 Å². The second kappa shape index (κ2) is 13.6. The summed E-state index contributed by atoms with van der Waals surface area (Å²) in [6.45, 7) is 29.9. The number of hydrogen-bond acceptors (Lipinski definition) is 6. The minimum absolute atomic E-state index is 0. The molecule has 40 heavy (non-hydrogen) atoms. The van der Waals surface area contributed by atoms with E-state index in [1.165, 1.54) is 65.1 Å². The summed E-state index contributed by atoms with van der Waals surface area (Å²) < 4.78 is 0. The van der Waals surface area contributed by atoms with E-state index in [1.54, 1.807) is 0 Å². The minimum Gasteiger partial charge on any atom is -0.308 e. The van der Waals surface area contributed by atoms with Crippen molar-refractivity contribution in [3.63, 3.8) is 0 Å². The first-order valence-electron chi connectivity index (χ1n) is 16.1. The highest BCUT2D eigenvalue weighted by Gasteiger charge is 2.57. The molecule has 1 saturated carbocycles. The van der Waals surface area contributed by atoms with Gasteiger partial charge in [0.1, 0.15) is 0 Å². The van der Waals surface area contributed by atoms with Crippen LogP contribution in [0.1, 0.15) is 89.0 Å². The molecule has 0 amide bonds. The van der Waals surface area contributed by atoms with Crippen LogP contribution in [-0.2, 0) is 0 Å². The molecule has 0 radical (unpaired) electrons. The van der Waals surface area contributed by atoms with Crippen molar-refractivity contribution in [2.45, 2.75) is 124 Å². The Hall–Kier alpha value is -0.240. The van der Waals surface area contributed by atoms with Crippen molar-refractivity contribution < 1.29 is 0 Å². The van der Waals surface area contributed by atoms with E-state index < -0.39 is 0 Å². The van der Waals surface area contributed by atoms with Gasteiger partial charge in [-0.05, 0) is 148 Å². The Labute approximate surface area is 251 Å². The van der Waals surface area contributed by atoms with Crippen LogP contribution in [0, 0.1) is 17.8 Å². The Morgan fingerprint density at radius 2 is 1.20 bits per heavy atom. The number of likely N-dealkylation sites (tertiary alicyclic amines) is 4. The molecular formula is C34H72N6. The maximum absolute atomic E-state index is 2.65. The fraction of sp³-hybridized carbons (Fsp3) is 1.00. The van der Waals surface area contributed by atoms with Crippen LogP contribution in [0.2, 0.25) is 0 Å². The van der Waals surface area contributed by atoms with Crippen LogP contribution in [0.5, 0.6) is 0 Å². The molecule has 5 fully saturated rings. The molecule has 0 aromatic heterocycles.